The summed E-state index contributed by atoms with van der Waals surface area (Å²) in [5.74, 6) is -0.742. The van der Waals surface area contributed by atoms with Crippen molar-refractivity contribution in [1.82, 2.24) is 0 Å². The van der Waals surface area contributed by atoms with E-state index in [4.69, 9.17) is 14.2 Å². The molecule has 10 heteroatoms. The minimum absolute atomic E-state index is 0.256. The maximum Gasteiger partial charge on any atom is 0.343 e. The van der Waals surface area contributed by atoms with Crippen LogP contribution in [0.25, 0.3) is 0 Å². The van der Waals surface area contributed by atoms with Crippen molar-refractivity contribution >= 4 is 43.1 Å². The molecule has 0 N–H and O–H groups in total. The van der Waals surface area contributed by atoms with Gasteiger partial charge in [0.05, 0.1) is 16.7 Å². The molecule has 5 aromatic rings. The second kappa shape index (κ2) is 16.3. The summed E-state index contributed by atoms with van der Waals surface area (Å²) in [5.41, 5.74) is 2.82. The summed E-state index contributed by atoms with van der Waals surface area (Å²) in [6.45, 7) is 0. The molecule has 5 rings (SSSR count). The van der Waals surface area contributed by atoms with Gasteiger partial charge in [-0.2, -0.15) is 0 Å². The van der Waals surface area contributed by atoms with Crippen LogP contribution in [0.5, 0.6) is 17.2 Å². The highest BCUT2D eigenvalue weighted by Crippen LogP contribution is 2.17. The monoisotopic (exact) mass is 628 g/mol. The van der Waals surface area contributed by atoms with Gasteiger partial charge in [0, 0.05) is 22.3 Å². The van der Waals surface area contributed by atoms with E-state index in [-0.39, 0.29) is 11.1 Å². The smallest absolute Gasteiger partial charge is 0.343 e. The van der Waals surface area contributed by atoms with Crippen molar-refractivity contribution in [2.24, 2.45) is 0 Å². The van der Waals surface area contributed by atoms with Crippen molar-refractivity contribution in [3.63, 3.8) is 0 Å². The molecule has 0 heterocycles. The molecule has 0 saturated heterocycles. The number of esters is 3. The zero-order valence-corrected chi connectivity index (χ0v) is 24.4. The average Bonchev–Trinajstić information content (AvgIpc) is 3.13. The molecule has 10 nitrogen and oxygen atoms in total. The van der Waals surface area contributed by atoms with Crippen molar-refractivity contribution in [2.75, 3.05) is 0 Å². The fraction of sp³-hybridized carbons (Fsp3) is 0. The summed E-state index contributed by atoms with van der Waals surface area (Å²) in [6.07, 6.45) is 2.80. The minimum Gasteiger partial charge on any atom is -0.423 e. The van der Waals surface area contributed by atoms with E-state index in [0.717, 1.165) is 0 Å². The predicted octanol–water partition coefficient (Wildman–Crippen LogP) is 6.28. The Kier molecular flexibility index (Phi) is 11.5. The topological polar surface area (TPSA) is 147 Å². The van der Waals surface area contributed by atoms with Gasteiger partial charge in [-0.3, -0.25) is 19.2 Å². The number of aldehydes is 4. The lowest BCUT2D eigenvalue weighted by Crippen LogP contribution is -2.11. The van der Waals surface area contributed by atoms with Gasteiger partial charge < -0.3 is 14.2 Å². The zero-order valence-electron chi connectivity index (χ0n) is 24.4. The highest BCUT2D eigenvalue weighted by atomic mass is 16.5. The lowest BCUT2D eigenvalue weighted by Gasteiger charge is -2.06. The average molecular weight is 629 g/mol. The van der Waals surface area contributed by atoms with Gasteiger partial charge >= 0.3 is 17.9 Å². The Bertz CT molecular complexity index is 1790. The molecule has 0 saturated carbocycles. The number of carbonyl (C=O) groups is 7. The molecular formula is C37H24O10. The van der Waals surface area contributed by atoms with Gasteiger partial charge in [0.15, 0.2) is 0 Å². The largest absolute Gasteiger partial charge is 0.423 e. The van der Waals surface area contributed by atoms with Crippen LogP contribution < -0.4 is 14.2 Å². The second-order valence-electron chi connectivity index (χ2n) is 9.55. The summed E-state index contributed by atoms with van der Waals surface area (Å²) in [6, 6.07) is 30.4. The maximum absolute atomic E-state index is 12.2. The molecular weight excluding hydrogens is 604 g/mol. The van der Waals surface area contributed by atoms with E-state index in [0.29, 0.717) is 70.2 Å². The van der Waals surface area contributed by atoms with E-state index in [1.54, 1.807) is 36.4 Å². The SMILES string of the molecule is O=Cc1ccc(OC(=O)c2ccc(C(=O)Oc3ccc(C=O)cc3)cc2)cc1.O=Cc1ccc(OC(=O)c2ccc(C=O)cc2)cc1. The Balaban J connectivity index is 0.000000229. The van der Waals surface area contributed by atoms with Crippen molar-refractivity contribution in [3.05, 3.63) is 160 Å². The number of rotatable bonds is 10. The van der Waals surface area contributed by atoms with Crippen LogP contribution >= 0.6 is 0 Å². The molecule has 0 unspecified atom stereocenters. The summed E-state index contributed by atoms with van der Waals surface area (Å²) in [5, 5.41) is 0. The third kappa shape index (κ3) is 9.59. The maximum atomic E-state index is 12.2. The van der Waals surface area contributed by atoms with Gasteiger partial charge in [0.1, 0.15) is 42.4 Å². The molecule has 47 heavy (non-hydrogen) atoms. The highest BCUT2D eigenvalue weighted by molar-refractivity contribution is 5.95. The Morgan fingerprint density at radius 1 is 0.319 bits per heavy atom. The summed E-state index contributed by atoms with van der Waals surface area (Å²) in [7, 11) is 0. The molecule has 0 amide bonds. The molecule has 0 aliphatic rings. The van der Waals surface area contributed by atoms with Crippen molar-refractivity contribution in [2.45, 2.75) is 0 Å². The lowest BCUT2D eigenvalue weighted by atomic mass is 10.1. The predicted molar refractivity (Wildman–Crippen MR) is 169 cm³/mol. The zero-order chi connectivity index (χ0) is 33.6. The normalized spacial score (nSPS) is 9.87. The molecule has 0 fully saturated rings. The number of benzene rings is 5. The summed E-state index contributed by atoms with van der Waals surface area (Å²) < 4.78 is 15.6. The first-order chi connectivity index (χ1) is 22.8. The van der Waals surface area contributed by atoms with Crippen LogP contribution in [0.15, 0.2) is 121 Å². The molecule has 5 aromatic carbocycles. The van der Waals surface area contributed by atoms with Crippen LogP contribution in [0.4, 0.5) is 0 Å². The van der Waals surface area contributed by atoms with E-state index >= 15 is 0 Å². The number of hydrogen-bond donors (Lipinski definition) is 0. The Morgan fingerprint density at radius 2 is 0.511 bits per heavy atom. The Hall–Kier alpha value is -6.81. The van der Waals surface area contributed by atoms with Crippen LogP contribution in [0.3, 0.4) is 0 Å². The second-order valence-corrected chi connectivity index (χ2v) is 9.55. The fourth-order valence-corrected chi connectivity index (χ4v) is 3.78. The van der Waals surface area contributed by atoms with Crippen LogP contribution in [-0.2, 0) is 0 Å². The number of carbonyl (C=O) groups excluding carboxylic acids is 7. The van der Waals surface area contributed by atoms with Gasteiger partial charge in [0.2, 0.25) is 0 Å². The third-order valence-electron chi connectivity index (χ3n) is 6.32. The van der Waals surface area contributed by atoms with Gasteiger partial charge in [-0.25, -0.2) is 14.4 Å². The molecule has 0 aliphatic carbocycles. The van der Waals surface area contributed by atoms with E-state index < -0.39 is 17.9 Å². The van der Waals surface area contributed by atoms with Gasteiger partial charge in [-0.1, -0.05) is 12.1 Å². The van der Waals surface area contributed by atoms with E-state index in [1.165, 1.54) is 84.9 Å². The molecule has 0 radical (unpaired) electrons. The van der Waals surface area contributed by atoms with Crippen molar-refractivity contribution in [1.29, 1.82) is 0 Å². The van der Waals surface area contributed by atoms with Gasteiger partial charge in [0.25, 0.3) is 0 Å². The molecule has 0 atom stereocenters. The van der Waals surface area contributed by atoms with E-state index in [2.05, 4.69) is 0 Å². The first kappa shape index (κ1) is 33.1. The molecule has 0 aliphatic heterocycles. The van der Waals surface area contributed by atoms with Gasteiger partial charge in [-0.15, -0.1) is 0 Å². The first-order valence-electron chi connectivity index (χ1n) is 13.8. The Labute approximate surface area is 268 Å². The molecule has 0 spiro atoms. The van der Waals surface area contributed by atoms with Crippen molar-refractivity contribution < 1.29 is 47.8 Å². The van der Waals surface area contributed by atoms with Crippen LogP contribution in [-0.4, -0.2) is 43.1 Å². The standard InChI is InChI=1S/C22H14O6.C15H10O4/c23-13-15-1-9-19(10-2-15)27-21(25)17-5-7-18(8-6-17)22(26)28-20-11-3-16(14-24)4-12-20;16-9-11-1-5-13(6-2-11)15(18)19-14-7-3-12(10-17)4-8-14/h1-14H;1-10H. The van der Waals surface area contributed by atoms with Crippen LogP contribution in [0, 0.1) is 0 Å². The van der Waals surface area contributed by atoms with E-state index in [9.17, 15) is 33.6 Å². The highest BCUT2D eigenvalue weighted by Gasteiger charge is 2.13. The van der Waals surface area contributed by atoms with Gasteiger partial charge in [-0.05, 0) is 109 Å². The van der Waals surface area contributed by atoms with Crippen LogP contribution in [0.1, 0.15) is 72.5 Å². The van der Waals surface area contributed by atoms with Crippen molar-refractivity contribution in [3.8, 4) is 17.2 Å². The fourth-order valence-electron chi connectivity index (χ4n) is 3.78. The lowest BCUT2D eigenvalue weighted by molar-refractivity contribution is 0.0720. The first-order valence-corrected chi connectivity index (χ1v) is 13.8. The molecule has 0 bridgehead atoms. The summed E-state index contributed by atoms with van der Waals surface area (Å²) in [4.78, 5) is 78.4. The minimum atomic E-state index is -0.594. The third-order valence-corrected chi connectivity index (χ3v) is 6.32. The summed E-state index contributed by atoms with van der Waals surface area (Å²) >= 11 is 0. The molecule has 232 valence electrons. The van der Waals surface area contributed by atoms with Crippen LogP contribution in [0.2, 0.25) is 0 Å². The quantitative estimate of drug-likeness (QED) is 0.0983. The van der Waals surface area contributed by atoms with E-state index in [1.807, 2.05) is 0 Å². The number of ether oxygens (including phenoxy) is 3. The molecule has 0 aromatic heterocycles. The number of hydrogen-bond acceptors (Lipinski definition) is 10. The Morgan fingerprint density at radius 3 is 0.723 bits per heavy atom.